The molecule has 160 valence electrons. The van der Waals surface area contributed by atoms with Gasteiger partial charge in [-0.3, -0.25) is 4.79 Å². The largest absolute Gasteiger partial charge is 0.490 e. The van der Waals surface area contributed by atoms with Gasteiger partial charge in [-0.15, -0.1) is 0 Å². The predicted molar refractivity (Wildman–Crippen MR) is 124 cm³/mol. The van der Waals surface area contributed by atoms with Crippen LogP contribution in [0.25, 0.3) is 0 Å². The Morgan fingerprint density at radius 3 is 2.48 bits per heavy atom. The van der Waals surface area contributed by atoms with Crippen molar-refractivity contribution in [3.8, 4) is 11.5 Å². The fourth-order valence-corrected chi connectivity index (χ4v) is 3.10. The maximum absolute atomic E-state index is 12.0. The summed E-state index contributed by atoms with van der Waals surface area (Å²) in [4.78, 5) is 12.0. The van der Waals surface area contributed by atoms with Crippen LogP contribution in [-0.2, 0) is 17.8 Å². The molecule has 0 saturated carbocycles. The second-order valence-electron chi connectivity index (χ2n) is 6.63. The first kappa shape index (κ1) is 22.7. The van der Waals surface area contributed by atoms with Gasteiger partial charge in [0, 0.05) is 0 Å². The smallest absolute Gasteiger partial charge is 0.244 e. The number of carbonyl (C=O) groups is 1. The number of amides is 1. The lowest BCUT2D eigenvalue weighted by Crippen LogP contribution is -2.19. The number of hydrogen-bond donors (Lipinski definition) is 1. The molecular weight excluding hydrogens is 435 g/mol. The third-order valence-electron chi connectivity index (χ3n) is 4.26. The number of ether oxygens (including phenoxy) is 2. The van der Waals surface area contributed by atoms with E-state index in [1.807, 2.05) is 49.4 Å². The number of hydrazone groups is 1. The van der Waals surface area contributed by atoms with E-state index in [0.717, 1.165) is 16.7 Å². The van der Waals surface area contributed by atoms with Gasteiger partial charge >= 0.3 is 0 Å². The molecule has 0 radical (unpaired) electrons. The van der Waals surface area contributed by atoms with Gasteiger partial charge in [-0.2, -0.15) is 5.10 Å². The van der Waals surface area contributed by atoms with E-state index in [9.17, 15) is 4.79 Å². The van der Waals surface area contributed by atoms with E-state index >= 15 is 0 Å². The molecule has 0 unspecified atom stereocenters. The van der Waals surface area contributed by atoms with Crippen molar-refractivity contribution in [2.24, 2.45) is 5.10 Å². The maximum atomic E-state index is 12.0. The summed E-state index contributed by atoms with van der Waals surface area (Å²) in [6, 6.07) is 20.3. The highest BCUT2D eigenvalue weighted by molar-refractivity contribution is 6.42. The van der Waals surface area contributed by atoms with Crippen LogP contribution in [0.5, 0.6) is 11.5 Å². The molecule has 31 heavy (non-hydrogen) atoms. The van der Waals surface area contributed by atoms with E-state index in [1.165, 1.54) is 0 Å². The van der Waals surface area contributed by atoms with Crippen LogP contribution in [0.3, 0.4) is 0 Å². The average Bonchev–Trinajstić information content (AvgIpc) is 2.76. The van der Waals surface area contributed by atoms with Crippen molar-refractivity contribution in [2.45, 2.75) is 20.0 Å². The first-order valence-electron chi connectivity index (χ1n) is 9.74. The fraction of sp³-hybridized carbons (Fsp3) is 0.167. The Hall–Kier alpha value is -3.02. The van der Waals surface area contributed by atoms with Crippen molar-refractivity contribution < 1.29 is 14.3 Å². The van der Waals surface area contributed by atoms with Crippen LogP contribution in [0.1, 0.15) is 23.6 Å². The topological polar surface area (TPSA) is 59.9 Å². The number of nitrogens with zero attached hydrogens (tertiary/aromatic N) is 1. The quantitative estimate of drug-likeness (QED) is 0.333. The fourth-order valence-electron chi connectivity index (χ4n) is 2.78. The highest BCUT2D eigenvalue weighted by Crippen LogP contribution is 2.30. The summed E-state index contributed by atoms with van der Waals surface area (Å²) in [6.45, 7) is 2.70. The van der Waals surface area contributed by atoms with Gasteiger partial charge in [-0.25, -0.2) is 5.43 Å². The molecular formula is C24H22Cl2N2O3. The molecule has 0 aromatic heterocycles. The van der Waals surface area contributed by atoms with E-state index in [0.29, 0.717) is 34.8 Å². The van der Waals surface area contributed by atoms with Gasteiger partial charge in [0.15, 0.2) is 11.5 Å². The normalized spacial score (nSPS) is 10.8. The van der Waals surface area contributed by atoms with E-state index in [4.69, 9.17) is 32.7 Å². The van der Waals surface area contributed by atoms with Crippen molar-refractivity contribution in [1.82, 2.24) is 5.43 Å². The summed E-state index contributed by atoms with van der Waals surface area (Å²) in [5, 5.41) is 5.01. The molecule has 1 amide bonds. The number of nitrogens with one attached hydrogen (secondary N) is 1. The van der Waals surface area contributed by atoms with E-state index < -0.39 is 0 Å². The minimum absolute atomic E-state index is 0.186. The molecule has 0 heterocycles. The molecule has 0 aliphatic carbocycles. The number of carbonyl (C=O) groups excluding carboxylic acids is 1. The molecule has 3 aromatic rings. The van der Waals surface area contributed by atoms with E-state index in [-0.39, 0.29) is 12.3 Å². The van der Waals surface area contributed by atoms with Gasteiger partial charge in [0.25, 0.3) is 0 Å². The maximum Gasteiger partial charge on any atom is 0.244 e. The monoisotopic (exact) mass is 456 g/mol. The molecule has 0 aliphatic heterocycles. The van der Waals surface area contributed by atoms with Crippen LogP contribution in [0.15, 0.2) is 71.8 Å². The van der Waals surface area contributed by atoms with Gasteiger partial charge in [-0.1, -0.05) is 59.6 Å². The molecule has 0 fully saturated rings. The van der Waals surface area contributed by atoms with Gasteiger partial charge < -0.3 is 9.47 Å². The van der Waals surface area contributed by atoms with Crippen LogP contribution in [0, 0.1) is 0 Å². The van der Waals surface area contributed by atoms with Crippen LogP contribution in [0.4, 0.5) is 0 Å². The van der Waals surface area contributed by atoms with Gasteiger partial charge in [0.05, 0.1) is 29.3 Å². The third kappa shape index (κ3) is 7.02. The summed E-state index contributed by atoms with van der Waals surface area (Å²) in [5.41, 5.74) is 5.13. The summed E-state index contributed by atoms with van der Waals surface area (Å²) >= 11 is 12.0. The molecule has 3 aromatic carbocycles. The average molecular weight is 457 g/mol. The molecule has 0 bridgehead atoms. The Balaban J connectivity index is 1.61. The molecule has 0 aliphatic rings. The minimum atomic E-state index is -0.186. The molecule has 0 atom stereocenters. The Morgan fingerprint density at radius 2 is 1.74 bits per heavy atom. The molecule has 5 nitrogen and oxygen atoms in total. The van der Waals surface area contributed by atoms with Crippen molar-refractivity contribution in [3.05, 3.63) is 93.5 Å². The molecule has 0 spiro atoms. The lowest BCUT2D eigenvalue weighted by Gasteiger charge is -2.13. The van der Waals surface area contributed by atoms with Gasteiger partial charge in [0.2, 0.25) is 5.91 Å². The molecule has 7 heteroatoms. The van der Waals surface area contributed by atoms with Crippen LogP contribution >= 0.6 is 23.2 Å². The molecule has 1 N–H and O–H groups in total. The number of halogens is 2. The SMILES string of the molecule is CCOc1cc(/C=N\NC(=O)Cc2ccccc2)ccc1OCc1ccc(Cl)c(Cl)c1. The first-order chi connectivity index (χ1) is 15.0. The zero-order chi connectivity index (χ0) is 22.1. The van der Waals surface area contributed by atoms with Crippen LogP contribution in [-0.4, -0.2) is 18.7 Å². The lowest BCUT2D eigenvalue weighted by atomic mass is 10.1. The standard InChI is InChI=1S/C24H22Cl2N2O3/c1-2-30-23-13-18(15-27-28-24(29)14-17-6-4-3-5-7-17)9-11-22(23)31-16-19-8-10-20(25)21(26)12-19/h3-13,15H,2,14,16H2,1H3,(H,28,29)/b27-15-. The van der Waals surface area contributed by atoms with Crippen molar-refractivity contribution >= 4 is 35.3 Å². The zero-order valence-corrected chi connectivity index (χ0v) is 18.5. The number of rotatable bonds is 9. The Labute approximate surface area is 191 Å². The highest BCUT2D eigenvalue weighted by Gasteiger charge is 2.08. The van der Waals surface area contributed by atoms with E-state index in [1.54, 1.807) is 30.5 Å². The van der Waals surface area contributed by atoms with E-state index in [2.05, 4.69) is 10.5 Å². The lowest BCUT2D eigenvalue weighted by molar-refractivity contribution is -0.120. The molecule has 0 saturated heterocycles. The number of benzene rings is 3. The summed E-state index contributed by atoms with van der Waals surface area (Å²) < 4.78 is 11.6. The Bertz CT molecular complexity index is 1060. The summed E-state index contributed by atoms with van der Waals surface area (Å²) in [5.74, 6) is 0.995. The van der Waals surface area contributed by atoms with Crippen molar-refractivity contribution in [3.63, 3.8) is 0 Å². The zero-order valence-electron chi connectivity index (χ0n) is 17.0. The molecule has 3 rings (SSSR count). The number of hydrogen-bond acceptors (Lipinski definition) is 4. The van der Waals surface area contributed by atoms with Gasteiger partial charge in [0.1, 0.15) is 6.61 Å². The first-order valence-corrected chi connectivity index (χ1v) is 10.5. The van der Waals surface area contributed by atoms with Gasteiger partial charge in [-0.05, 0) is 53.9 Å². The van der Waals surface area contributed by atoms with Crippen LogP contribution in [0.2, 0.25) is 10.0 Å². The Morgan fingerprint density at radius 1 is 0.935 bits per heavy atom. The second-order valence-corrected chi connectivity index (χ2v) is 7.45. The highest BCUT2D eigenvalue weighted by atomic mass is 35.5. The predicted octanol–water partition coefficient (Wildman–Crippen LogP) is 5.66. The van der Waals surface area contributed by atoms with Crippen LogP contribution < -0.4 is 14.9 Å². The minimum Gasteiger partial charge on any atom is -0.490 e. The Kier molecular flexibility index (Phi) is 8.33. The summed E-state index contributed by atoms with van der Waals surface area (Å²) in [7, 11) is 0. The summed E-state index contributed by atoms with van der Waals surface area (Å²) in [6.07, 6.45) is 1.83. The second kappa shape index (κ2) is 11.4. The third-order valence-corrected chi connectivity index (χ3v) is 5.00. The van der Waals surface area contributed by atoms with Crippen molar-refractivity contribution in [1.29, 1.82) is 0 Å². The van der Waals surface area contributed by atoms with Crippen molar-refractivity contribution in [2.75, 3.05) is 6.61 Å².